The summed E-state index contributed by atoms with van der Waals surface area (Å²) in [6.07, 6.45) is -4.65. The number of carbonyl (C=O) groups excluding carboxylic acids is 2. The van der Waals surface area contributed by atoms with Crippen molar-refractivity contribution in [1.29, 1.82) is 0 Å². The molecule has 0 radical (unpaired) electrons. The van der Waals surface area contributed by atoms with Crippen molar-refractivity contribution in [1.82, 2.24) is 20.0 Å². The van der Waals surface area contributed by atoms with Gasteiger partial charge < -0.3 is 4.74 Å². The summed E-state index contributed by atoms with van der Waals surface area (Å²) in [6.45, 7) is 0.157. The van der Waals surface area contributed by atoms with E-state index in [0.29, 0.717) is 12.6 Å². The molecule has 0 atom stereocenters. The minimum absolute atomic E-state index is 0.0317. The van der Waals surface area contributed by atoms with E-state index in [9.17, 15) is 22.8 Å². The Labute approximate surface area is 162 Å². The molecule has 148 valence electrons. The fourth-order valence-electron chi connectivity index (χ4n) is 2.68. The molecule has 0 aliphatic carbocycles. The number of hydrogen-bond donors (Lipinski definition) is 0. The van der Waals surface area contributed by atoms with Crippen molar-refractivity contribution < 1.29 is 27.5 Å². The highest BCUT2D eigenvalue weighted by molar-refractivity contribution is 6.28. The Bertz CT molecular complexity index is 880. The van der Waals surface area contributed by atoms with Crippen LogP contribution in [0.2, 0.25) is 5.28 Å². The number of ether oxygens (including phenoxy) is 1. The van der Waals surface area contributed by atoms with Gasteiger partial charge in [-0.2, -0.15) is 13.2 Å². The van der Waals surface area contributed by atoms with E-state index in [4.69, 9.17) is 16.3 Å². The predicted molar refractivity (Wildman–Crippen MR) is 91.0 cm³/mol. The molecule has 2 heterocycles. The molecule has 1 aromatic carbocycles. The Morgan fingerprint density at radius 3 is 2.50 bits per heavy atom. The topological polar surface area (TPSA) is 75.6 Å². The first-order chi connectivity index (χ1) is 13.3. The zero-order chi connectivity index (χ0) is 20.3. The molecule has 1 aromatic heterocycles. The fourth-order valence-corrected chi connectivity index (χ4v) is 2.81. The largest absolute Gasteiger partial charge is 0.443 e. The number of halogens is 4. The number of rotatable bonds is 3. The first-order valence-corrected chi connectivity index (χ1v) is 8.55. The minimum Gasteiger partial charge on any atom is -0.443 e. The average Bonchev–Trinajstić information content (AvgIpc) is 3.15. The van der Waals surface area contributed by atoms with E-state index in [1.807, 2.05) is 0 Å². The molecule has 1 saturated heterocycles. The van der Waals surface area contributed by atoms with Gasteiger partial charge >= 0.3 is 12.3 Å². The number of amides is 2. The lowest BCUT2D eigenvalue weighted by Crippen LogP contribution is -2.45. The second-order valence-corrected chi connectivity index (χ2v) is 6.18. The van der Waals surface area contributed by atoms with Crippen molar-refractivity contribution >= 4 is 23.6 Å². The van der Waals surface area contributed by atoms with E-state index in [-0.39, 0.29) is 19.7 Å². The maximum absolute atomic E-state index is 13.2. The minimum atomic E-state index is -4.91. The molecule has 2 amide bonds. The van der Waals surface area contributed by atoms with Crippen LogP contribution >= 0.6 is 11.6 Å². The van der Waals surface area contributed by atoms with Crippen molar-refractivity contribution in [3.05, 3.63) is 58.6 Å². The van der Waals surface area contributed by atoms with Crippen LogP contribution in [0, 0.1) is 0 Å². The van der Waals surface area contributed by atoms with E-state index < -0.39 is 34.7 Å². The normalized spacial score (nSPS) is 14.3. The van der Waals surface area contributed by atoms with Crippen molar-refractivity contribution in [3.63, 3.8) is 0 Å². The van der Waals surface area contributed by atoms with Crippen molar-refractivity contribution in [3.8, 4) is 0 Å². The molecule has 0 spiro atoms. The van der Waals surface area contributed by atoms with Gasteiger partial charge in [0.15, 0.2) is 5.69 Å². The number of aromatic nitrogens is 2. The maximum atomic E-state index is 13.2. The van der Waals surface area contributed by atoms with Gasteiger partial charge in [-0.1, -0.05) is 30.3 Å². The zero-order valence-corrected chi connectivity index (χ0v) is 15.1. The summed E-state index contributed by atoms with van der Waals surface area (Å²) in [4.78, 5) is 31.6. The van der Waals surface area contributed by atoms with Crippen LogP contribution in [0.15, 0.2) is 36.5 Å². The molecular weight excluding hydrogens is 401 g/mol. The van der Waals surface area contributed by atoms with Gasteiger partial charge in [0.2, 0.25) is 5.28 Å². The summed E-state index contributed by atoms with van der Waals surface area (Å²) in [5.41, 5.74) is -1.51. The van der Waals surface area contributed by atoms with Gasteiger partial charge in [-0.15, -0.1) is 0 Å². The fraction of sp³-hybridized carbons (Fsp3) is 0.294. The number of alkyl halides is 3. The lowest BCUT2D eigenvalue weighted by atomic mass is 10.2. The number of benzene rings is 1. The van der Waals surface area contributed by atoms with Gasteiger partial charge in [-0.3, -0.25) is 4.79 Å². The first-order valence-electron chi connectivity index (χ1n) is 8.17. The van der Waals surface area contributed by atoms with Gasteiger partial charge in [0.1, 0.15) is 6.61 Å². The SMILES string of the molecule is O=C(OCc1ccccc1)N1CCCN1C(=O)c1cnc(Cl)nc1C(F)(F)F. The Hall–Kier alpha value is -2.88. The van der Waals surface area contributed by atoms with Crippen LogP contribution in [-0.4, -0.2) is 45.1 Å². The van der Waals surface area contributed by atoms with E-state index in [1.165, 1.54) is 0 Å². The third kappa shape index (κ3) is 4.33. The van der Waals surface area contributed by atoms with E-state index in [1.54, 1.807) is 30.3 Å². The number of hydrazine groups is 1. The zero-order valence-electron chi connectivity index (χ0n) is 14.3. The molecular formula is C17H14ClF3N4O3. The van der Waals surface area contributed by atoms with Crippen LogP contribution in [-0.2, 0) is 17.5 Å². The average molecular weight is 415 g/mol. The summed E-state index contributed by atoms with van der Waals surface area (Å²) in [5, 5.41) is 1.24. The first kappa shape index (κ1) is 19.9. The van der Waals surface area contributed by atoms with E-state index in [2.05, 4.69) is 9.97 Å². The maximum Gasteiger partial charge on any atom is 0.434 e. The quantitative estimate of drug-likeness (QED) is 0.718. The molecule has 2 aromatic rings. The Kier molecular flexibility index (Phi) is 5.68. The van der Waals surface area contributed by atoms with Crippen molar-refractivity contribution in [2.75, 3.05) is 13.1 Å². The Morgan fingerprint density at radius 1 is 1.14 bits per heavy atom. The summed E-state index contributed by atoms with van der Waals surface area (Å²) in [5.74, 6) is -1.06. The molecule has 0 bridgehead atoms. The van der Waals surface area contributed by atoms with Gasteiger partial charge in [0, 0.05) is 19.3 Å². The van der Waals surface area contributed by atoms with Crippen LogP contribution in [0.25, 0.3) is 0 Å². The van der Waals surface area contributed by atoms with Gasteiger partial charge in [-0.25, -0.2) is 24.8 Å². The van der Waals surface area contributed by atoms with Crippen molar-refractivity contribution in [2.24, 2.45) is 0 Å². The number of carbonyl (C=O) groups is 2. The second-order valence-electron chi connectivity index (χ2n) is 5.84. The molecule has 1 aliphatic rings. The molecule has 1 fully saturated rings. The summed E-state index contributed by atoms with van der Waals surface area (Å²) < 4.78 is 44.8. The van der Waals surface area contributed by atoms with E-state index >= 15 is 0 Å². The van der Waals surface area contributed by atoms with Crippen LogP contribution in [0.3, 0.4) is 0 Å². The summed E-state index contributed by atoms with van der Waals surface area (Å²) in [6, 6.07) is 8.85. The standard InChI is InChI=1S/C17H14ClF3N4O3/c18-15-22-9-12(13(23-15)17(19,20)21)14(26)24-7-4-8-25(24)16(27)28-10-11-5-2-1-3-6-11/h1-3,5-6,9H,4,7-8,10H2. The molecule has 7 nitrogen and oxygen atoms in total. The van der Waals surface area contributed by atoms with Gasteiger partial charge in [0.25, 0.3) is 5.91 Å². The third-order valence-corrected chi connectivity index (χ3v) is 4.12. The smallest absolute Gasteiger partial charge is 0.434 e. The third-order valence-electron chi connectivity index (χ3n) is 3.94. The number of hydrogen-bond acceptors (Lipinski definition) is 5. The highest BCUT2D eigenvalue weighted by Crippen LogP contribution is 2.32. The molecule has 11 heteroatoms. The van der Waals surface area contributed by atoms with Crippen LogP contribution in [0.5, 0.6) is 0 Å². The Morgan fingerprint density at radius 2 is 1.82 bits per heavy atom. The molecule has 0 saturated carbocycles. The second kappa shape index (κ2) is 8.01. The predicted octanol–water partition coefficient (Wildman–Crippen LogP) is 3.55. The lowest BCUT2D eigenvalue weighted by molar-refractivity contribution is -0.141. The molecule has 28 heavy (non-hydrogen) atoms. The van der Waals surface area contributed by atoms with Gasteiger partial charge in [-0.05, 0) is 23.6 Å². The molecule has 1 aliphatic heterocycles. The van der Waals surface area contributed by atoms with Crippen LogP contribution in [0.4, 0.5) is 18.0 Å². The lowest BCUT2D eigenvalue weighted by Gasteiger charge is -2.27. The highest BCUT2D eigenvalue weighted by Gasteiger charge is 2.41. The number of nitrogens with zero attached hydrogens (tertiary/aromatic N) is 4. The van der Waals surface area contributed by atoms with Crippen LogP contribution in [0.1, 0.15) is 28.0 Å². The summed E-state index contributed by atoms with van der Waals surface area (Å²) >= 11 is 5.43. The van der Waals surface area contributed by atoms with Crippen molar-refractivity contribution in [2.45, 2.75) is 19.2 Å². The summed E-state index contributed by atoms with van der Waals surface area (Å²) in [7, 11) is 0. The monoisotopic (exact) mass is 414 g/mol. The Balaban J connectivity index is 1.77. The molecule has 3 rings (SSSR count). The molecule has 0 unspecified atom stereocenters. The highest BCUT2D eigenvalue weighted by atomic mass is 35.5. The van der Waals surface area contributed by atoms with E-state index in [0.717, 1.165) is 15.6 Å². The van der Waals surface area contributed by atoms with Gasteiger partial charge in [0.05, 0.1) is 5.56 Å². The van der Waals surface area contributed by atoms with Crippen LogP contribution < -0.4 is 0 Å². The molecule has 0 N–H and O–H groups in total.